The first-order valence-corrected chi connectivity index (χ1v) is 8.98. The Balaban J connectivity index is 2.32. The van der Waals surface area contributed by atoms with Gasteiger partial charge in [0.15, 0.2) is 11.5 Å². The third-order valence-electron chi connectivity index (χ3n) is 3.62. The Morgan fingerprint density at radius 1 is 1.07 bits per heavy atom. The van der Waals surface area contributed by atoms with Crippen molar-refractivity contribution >= 4 is 18.1 Å². The van der Waals surface area contributed by atoms with Crippen LogP contribution in [0, 0.1) is 0 Å². The van der Waals surface area contributed by atoms with E-state index in [0.717, 1.165) is 5.56 Å². The Labute approximate surface area is 169 Å². The highest BCUT2D eigenvalue weighted by atomic mass is 16.6. The van der Waals surface area contributed by atoms with Crippen LogP contribution in [0.1, 0.15) is 31.9 Å². The van der Waals surface area contributed by atoms with Crippen molar-refractivity contribution in [3.8, 4) is 11.5 Å². The minimum Gasteiger partial charge on any atom is -0.493 e. The van der Waals surface area contributed by atoms with Crippen LogP contribution in [0.3, 0.4) is 0 Å². The number of aliphatic carboxylic acids is 1. The lowest BCUT2D eigenvalue weighted by Crippen LogP contribution is -2.34. The van der Waals surface area contributed by atoms with Crippen molar-refractivity contribution in [1.82, 2.24) is 5.32 Å². The molecule has 7 heteroatoms. The molecule has 0 aliphatic carbocycles. The number of carboxylic acid groups (broad SMARTS) is 1. The van der Waals surface area contributed by atoms with Gasteiger partial charge in [-0.1, -0.05) is 42.5 Å². The first-order valence-electron chi connectivity index (χ1n) is 8.98. The van der Waals surface area contributed by atoms with Crippen LogP contribution in [-0.2, 0) is 16.1 Å². The average molecular weight is 399 g/mol. The zero-order chi connectivity index (χ0) is 21.4. The molecule has 29 heavy (non-hydrogen) atoms. The number of para-hydroxylation sites is 1. The van der Waals surface area contributed by atoms with Gasteiger partial charge in [-0.2, -0.15) is 0 Å². The van der Waals surface area contributed by atoms with Crippen molar-refractivity contribution in [2.45, 2.75) is 33.0 Å². The quantitative estimate of drug-likeness (QED) is 0.677. The lowest BCUT2D eigenvalue weighted by atomic mass is 10.1. The van der Waals surface area contributed by atoms with E-state index >= 15 is 0 Å². The molecule has 0 radical (unpaired) electrons. The molecule has 154 valence electrons. The molecule has 7 nitrogen and oxygen atoms in total. The maximum Gasteiger partial charge on any atom is 0.412 e. The third-order valence-corrected chi connectivity index (χ3v) is 3.62. The molecule has 2 aromatic rings. The third kappa shape index (κ3) is 6.88. The van der Waals surface area contributed by atoms with E-state index in [1.54, 1.807) is 39.0 Å². The summed E-state index contributed by atoms with van der Waals surface area (Å²) in [5.74, 6) is -0.507. The monoisotopic (exact) mass is 399 g/mol. The highest BCUT2D eigenvalue weighted by Crippen LogP contribution is 2.33. The number of carbonyl (C=O) groups excluding carboxylic acids is 1. The summed E-state index contributed by atoms with van der Waals surface area (Å²) in [5.41, 5.74) is 0.276. The molecule has 0 fully saturated rings. The van der Waals surface area contributed by atoms with Crippen LogP contribution in [0.2, 0.25) is 0 Å². The molecule has 2 aromatic carbocycles. The van der Waals surface area contributed by atoms with Gasteiger partial charge >= 0.3 is 12.1 Å². The van der Waals surface area contributed by atoms with E-state index in [9.17, 15) is 14.7 Å². The van der Waals surface area contributed by atoms with Crippen molar-refractivity contribution < 1.29 is 28.9 Å². The van der Waals surface area contributed by atoms with Crippen LogP contribution in [0.25, 0.3) is 6.08 Å². The first-order chi connectivity index (χ1) is 13.7. The maximum atomic E-state index is 12.0. The Bertz CT molecular complexity index is 884. The van der Waals surface area contributed by atoms with Gasteiger partial charge in [-0.15, -0.1) is 0 Å². The predicted molar refractivity (Wildman–Crippen MR) is 109 cm³/mol. The zero-order valence-electron chi connectivity index (χ0n) is 16.9. The fourth-order valence-electron chi connectivity index (χ4n) is 2.41. The molecule has 0 aromatic heterocycles. The molecule has 0 heterocycles. The predicted octanol–water partition coefficient (Wildman–Crippen LogP) is 4.22. The topological polar surface area (TPSA) is 94.1 Å². The number of hydrogen-bond donors (Lipinski definition) is 2. The van der Waals surface area contributed by atoms with E-state index in [0.29, 0.717) is 17.1 Å². The van der Waals surface area contributed by atoms with E-state index < -0.39 is 17.7 Å². The van der Waals surface area contributed by atoms with E-state index in [1.165, 1.54) is 13.2 Å². The number of alkyl carbamates (subject to hydrolysis) is 1. The molecule has 2 rings (SSSR count). The van der Waals surface area contributed by atoms with Gasteiger partial charge in [-0.3, -0.25) is 5.32 Å². The van der Waals surface area contributed by atoms with Crippen molar-refractivity contribution in [2.24, 2.45) is 0 Å². The Hall–Kier alpha value is -3.48. The average Bonchev–Trinajstić information content (AvgIpc) is 2.65. The van der Waals surface area contributed by atoms with Crippen molar-refractivity contribution in [2.75, 3.05) is 7.11 Å². The first kappa shape index (κ1) is 21.8. The molecule has 1 amide bonds. The lowest BCUT2D eigenvalue weighted by molar-refractivity contribution is -0.133. The zero-order valence-corrected chi connectivity index (χ0v) is 16.9. The molecule has 0 unspecified atom stereocenters. The Kier molecular flexibility index (Phi) is 7.25. The molecule has 0 saturated heterocycles. The van der Waals surface area contributed by atoms with Crippen LogP contribution >= 0.6 is 0 Å². The Morgan fingerprint density at radius 3 is 2.34 bits per heavy atom. The summed E-state index contributed by atoms with van der Waals surface area (Å²) in [7, 11) is 1.50. The standard InChI is InChI=1S/C22H25NO6/c1-22(2,3)29-21(26)23-17(20(24)25)13-16-11-8-12-18(27-4)19(16)28-14-15-9-6-5-7-10-15/h5-13H,14H2,1-4H3,(H,23,26)(H,24,25)/b17-13-. The fourth-order valence-corrected chi connectivity index (χ4v) is 2.41. The van der Waals surface area contributed by atoms with Gasteiger partial charge in [-0.05, 0) is 38.5 Å². The summed E-state index contributed by atoms with van der Waals surface area (Å²) >= 11 is 0. The summed E-state index contributed by atoms with van der Waals surface area (Å²) in [5, 5.41) is 11.8. The van der Waals surface area contributed by atoms with Crippen molar-refractivity contribution in [3.63, 3.8) is 0 Å². The number of methoxy groups -OCH3 is 1. The number of ether oxygens (including phenoxy) is 3. The molecule has 0 aliphatic heterocycles. The molecule has 2 N–H and O–H groups in total. The summed E-state index contributed by atoms with van der Waals surface area (Å²) in [6, 6.07) is 14.6. The normalized spacial score (nSPS) is 11.5. The second kappa shape index (κ2) is 9.64. The van der Waals surface area contributed by atoms with E-state index in [1.807, 2.05) is 30.3 Å². The summed E-state index contributed by atoms with van der Waals surface area (Å²) in [6.45, 7) is 5.33. The van der Waals surface area contributed by atoms with Crippen LogP contribution in [0.4, 0.5) is 4.79 Å². The number of rotatable bonds is 7. The smallest absolute Gasteiger partial charge is 0.412 e. The second-order valence-corrected chi connectivity index (χ2v) is 7.14. The van der Waals surface area contributed by atoms with Crippen LogP contribution < -0.4 is 14.8 Å². The van der Waals surface area contributed by atoms with Crippen molar-refractivity contribution in [3.05, 3.63) is 65.4 Å². The molecular weight excluding hydrogens is 374 g/mol. The van der Waals surface area contributed by atoms with Gasteiger partial charge in [0.1, 0.15) is 17.9 Å². The fraction of sp³-hybridized carbons (Fsp3) is 0.273. The highest BCUT2D eigenvalue weighted by molar-refractivity contribution is 5.96. The molecule has 0 bridgehead atoms. The Morgan fingerprint density at radius 2 is 1.76 bits per heavy atom. The van der Waals surface area contributed by atoms with Gasteiger partial charge in [0.25, 0.3) is 0 Å². The van der Waals surface area contributed by atoms with Gasteiger partial charge in [-0.25, -0.2) is 9.59 Å². The number of carbonyl (C=O) groups is 2. The summed E-state index contributed by atoms with van der Waals surface area (Å²) in [6.07, 6.45) is 0.440. The van der Waals surface area contributed by atoms with Gasteiger partial charge in [0.05, 0.1) is 7.11 Å². The SMILES string of the molecule is COc1cccc(/C=C(\NC(=O)OC(C)(C)C)C(=O)O)c1OCc1ccccc1. The van der Waals surface area contributed by atoms with E-state index in [4.69, 9.17) is 14.2 Å². The maximum absolute atomic E-state index is 12.0. The van der Waals surface area contributed by atoms with Crippen LogP contribution in [-0.4, -0.2) is 29.9 Å². The van der Waals surface area contributed by atoms with Gasteiger partial charge in [0.2, 0.25) is 0 Å². The molecule has 0 saturated carbocycles. The highest BCUT2D eigenvalue weighted by Gasteiger charge is 2.20. The van der Waals surface area contributed by atoms with Gasteiger partial charge < -0.3 is 19.3 Å². The van der Waals surface area contributed by atoms with E-state index in [-0.39, 0.29) is 12.3 Å². The summed E-state index contributed by atoms with van der Waals surface area (Å²) < 4.78 is 16.4. The number of hydrogen-bond acceptors (Lipinski definition) is 5. The molecule has 0 aliphatic rings. The van der Waals surface area contributed by atoms with E-state index in [2.05, 4.69) is 5.32 Å². The second-order valence-electron chi connectivity index (χ2n) is 7.14. The molecule has 0 spiro atoms. The number of carboxylic acids is 1. The van der Waals surface area contributed by atoms with Crippen LogP contribution in [0.5, 0.6) is 11.5 Å². The van der Waals surface area contributed by atoms with Crippen LogP contribution in [0.15, 0.2) is 54.2 Å². The minimum absolute atomic E-state index is 0.268. The largest absolute Gasteiger partial charge is 0.493 e. The number of amides is 1. The number of benzene rings is 2. The minimum atomic E-state index is -1.31. The van der Waals surface area contributed by atoms with Gasteiger partial charge in [0, 0.05) is 5.56 Å². The molecule has 0 atom stereocenters. The summed E-state index contributed by atoms with van der Waals surface area (Å²) in [4.78, 5) is 23.6. The molecular formula is C22H25NO6. The lowest BCUT2D eigenvalue weighted by Gasteiger charge is -2.20. The number of nitrogens with one attached hydrogen (secondary N) is 1. The van der Waals surface area contributed by atoms with Crippen molar-refractivity contribution in [1.29, 1.82) is 0 Å².